The van der Waals surface area contributed by atoms with Crippen molar-refractivity contribution in [2.45, 2.75) is 25.6 Å². The van der Waals surface area contributed by atoms with E-state index in [-0.39, 0.29) is 0 Å². The predicted molar refractivity (Wildman–Crippen MR) is 118 cm³/mol. The molecule has 13 heteroatoms. The monoisotopic (exact) mass is 552 g/mol. The first-order valence-electron chi connectivity index (χ1n) is 10.8. The molecule has 0 heterocycles. The van der Waals surface area contributed by atoms with Crippen LogP contribution in [-0.4, -0.2) is 20.6 Å². The van der Waals surface area contributed by atoms with E-state index in [9.17, 15) is 35.1 Å². The summed E-state index contributed by atoms with van der Waals surface area (Å²) in [6, 6.07) is 7.55. The molecule has 38 heavy (non-hydrogen) atoms. The van der Waals surface area contributed by atoms with E-state index in [1.165, 1.54) is 6.07 Å². The van der Waals surface area contributed by atoms with Gasteiger partial charge in [0.1, 0.15) is 17.3 Å². The van der Waals surface area contributed by atoms with Gasteiger partial charge in [-0.25, -0.2) is 17.6 Å². The van der Waals surface area contributed by atoms with Crippen molar-refractivity contribution >= 4 is 0 Å². The SMILES string of the molecule is CCc1ccc(C(F)(F)Oc2ccc(C(F)(F)Oc3cc(OCF)c(OCF)c(OCF)c3)cc2)c(F)c1. The molecule has 0 saturated heterocycles. The summed E-state index contributed by atoms with van der Waals surface area (Å²) in [6.07, 6.45) is -7.81. The summed E-state index contributed by atoms with van der Waals surface area (Å²) in [5.74, 6) is -4.30. The van der Waals surface area contributed by atoms with Crippen molar-refractivity contribution in [3.05, 3.63) is 77.1 Å². The third-order valence-electron chi connectivity index (χ3n) is 5.05. The summed E-state index contributed by atoms with van der Waals surface area (Å²) in [5, 5.41) is 0. The lowest BCUT2D eigenvalue weighted by atomic mass is 10.1. The molecule has 0 amide bonds. The fraction of sp³-hybridized carbons (Fsp3) is 0.280. The minimum Gasteiger partial charge on any atom is -0.459 e. The molecule has 0 unspecified atom stereocenters. The highest BCUT2D eigenvalue weighted by Gasteiger charge is 2.39. The molecule has 0 spiro atoms. The number of benzene rings is 3. The number of hydrogen-bond acceptors (Lipinski definition) is 5. The molecular weight excluding hydrogens is 532 g/mol. The lowest BCUT2D eigenvalue weighted by Gasteiger charge is -2.22. The van der Waals surface area contributed by atoms with Crippen LogP contribution in [0.3, 0.4) is 0 Å². The standard InChI is InChI=1S/C25H20F8O5/c1-2-15-3-8-19(20(29)9-15)25(32,33)37-17-6-4-16(5-7-17)24(30,31)38-18-10-21(34-12-26)23(36-14-28)22(11-18)35-13-27/h3-11H,2,12-14H2,1H3. The topological polar surface area (TPSA) is 46.2 Å². The number of rotatable bonds is 13. The lowest BCUT2D eigenvalue weighted by Crippen LogP contribution is -2.24. The van der Waals surface area contributed by atoms with E-state index in [1.807, 2.05) is 0 Å². The van der Waals surface area contributed by atoms with Gasteiger partial charge < -0.3 is 23.7 Å². The molecule has 0 N–H and O–H groups in total. The normalized spacial score (nSPS) is 11.7. The molecule has 0 aliphatic rings. The van der Waals surface area contributed by atoms with E-state index >= 15 is 0 Å². The number of ether oxygens (including phenoxy) is 5. The second-order valence-corrected chi connectivity index (χ2v) is 7.44. The quantitative estimate of drug-likeness (QED) is 0.205. The Bertz CT molecular complexity index is 1190. The Morgan fingerprint density at radius 3 is 1.71 bits per heavy atom. The fourth-order valence-corrected chi connectivity index (χ4v) is 3.28. The molecule has 0 saturated carbocycles. The maximum Gasteiger partial charge on any atom is 0.429 e. The summed E-state index contributed by atoms with van der Waals surface area (Å²) < 4.78 is 134. The van der Waals surface area contributed by atoms with Crippen LogP contribution in [-0.2, 0) is 18.6 Å². The van der Waals surface area contributed by atoms with E-state index in [0.29, 0.717) is 24.1 Å². The highest BCUT2D eigenvalue weighted by atomic mass is 19.3. The third kappa shape index (κ3) is 6.69. The number of hydrogen-bond donors (Lipinski definition) is 0. The smallest absolute Gasteiger partial charge is 0.429 e. The summed E-state index contributed by atoms with van der Waals surface area (Å²) in [5.41, 5.74) is -1.38. The zero-order valence-electron chi connectivity index (χ0n) is 19.6. The molecule has 3 aromatic rings. The predicted octanol–water partition coefficient (Wildman–Crippen LogP) is 7.56. The van der Waals surface area contributed by atoms with Crippen molar-refractivity contribution < 1.29 is 58.8 Å². The Balaban J connectivity index is 1.82. The summed E-state index contributed by atoms with van der Waals surface area (Å²) >= 11 is 0. The van der Waals surface area contributed by atoms with Crippen LogP contribution in [0.25, 0.3) is 0 Å². The second-order valence-electron chi connectivity index (χ2n) is 7.44. The van der Waals surface area contributed by atoms with E-state index in [1.54, 1.807) is 6.92 Å². The zero-order valence-corrected chi connectivity index (χ0v) is 19.6. The highest BCUT2D eigenvalue weighted by molar-refractivity contribution is 5.56. The van der Waals surface area contributed by atoms with Crippen LogP contribution in [0.5, 0.6) is 28.7 Å². The highest BCUT2D eigenvalue weighted by Crippen LogP contribution is 2.44. The Morgan fingerprint density at radius 2 is 1.21 bits per heavy atom. The number of alkyl halides is 7. The molecule has 0 aliphatic heterocycles. The van der Waals surface area contributed by atoms with Crippen molar-refractivity contribution in [2.75, 3.05) is 20.6 Å². The van der Waals surface area contributed by atoms with Gasteiger partial charge in [-0.15, -0.1) is 0 Å². The summed E-state index contributed by atoms with van der Waals surface area (Å²) in [4.78, 5) is 0. The fourth-order valence-electron chi connectivity index (χ4n) is 3.28. The first-order valence-corrected chi connectivity index (χ1v) is 10.8. The second kappa shape index (κ2) is 12.1. The average molecular weight is 552 g/mol. The van der Waals surface area contributed by atoms with E-state index in [0.717, 1.165) is 36.4 Å². The van der Waals surface area contributed by atoms with Crippen LogP contribution in [0.2, 0.25) is 0 Å². The van der Waals surface area contributed by atoms with Gasteiger partial charge in [-0.3, -0.25) is 0 Å². The first kappa shape index (κ1) is 28.7. The molecule has 0 aromatic heterocycles. The summed E-state index contributed by atoms with van der Waals surface area (Å²) in [6.45, 7) is -2.69. The van der Waals surface area contributed by atoms with Crippen molar-refractivity contribution in [1.82, 2.24) is 0 Å². The molecular formula is C25H20F8O5. The lowest BCUT2D eigenvalue weighted by molar-refractivity contribution is -0.188. The van der Waals surface area contributed by atoms with Crippen molar-refractivity contribution in [1.29, 1.82) is 0 Å². The maximum absolute atomic E-state index is 14.8. The zero-order chi connectivity index (χ0) is 27.9. The van der Waals surface area contributed by atoms with Gasteiger partial charge in [0.2, 0.25) is 26.3 Å². The van der Waals surface area contributed by atoms with Gasteiger partial charge in [0.05, 0.1) is 11.1 Å². The van der Waals surface area contributed by atoms with Gasteiger partial charge in [0.25, 0.3) is 0 Å². The number of halogens is 8. The van der Waals surface area contributed by atoms with Gasteiger partial charge in [-0.2, -0.15) is 17.6 Å². The van der Waals surface area contributed by atoms with Crippen molar-refractivity contribution in [3.8, 4) is 28.7 Å². The van der Waals surface area contributed by atoms with Crippen LogP contribution >= 0.6 is 0 Å². The molecule has 0 radical (unpaired) electrons. The molecule has 3 rings (SSSR count). The largest absolute Gasteiger partial charge is 0.459 e. The molecule has 0 fully saturated rings. The molecule has 0 bridgehead atoms. The number of aryl methyl sites for hydroxylation is 1. The Kier molecular flexibility index (Phi) is 9.13. The van der Waals surface area contributed by atoms with Crippen molar-refractivity contribution in [2.24, 2.45) is 0 Å². The van der Waals surface area contributed by atoms with Gasteiger partial charge in [-0.05, 0) is 48.4 Å². The Labute approximate surface area is 211 Å². The van der Waals surface area contributed by atoms with Gasteiger partial charge in [0.15, 0.2) is 11.5 Å². The molecule has 5 nitrogen and oxygen atoms in total. The van der Waals surface area contributed by atoms with E-state index in [4.69, 9.17) is 0 Å². The minimum atomic E-state index is -4.12. The molecule has 3 aromatic carbocycles. The van der Waals surface area contributed by atoms with E-state index in [2.05, 4.69) is 23.7 Å². The Morgan fingerprint density at radius 1 is 0.658 bits per heavy atom. The maximum atomic E-state index is 14.8. The van der Waals surface area contributed by atoms with E-state index < -0.39 is 78.5 Å². The summed E-state index contributed by atoms with van der Waals surface area (Å²) in [7, 11) is 0. The molecule has 206 valence electrons. The molecule has 0 atom stereocenters. The third-order valence-corrected chi connectivity index (χ3v) is 5.05. The van der Waals surface area contributed by atoms with Crippen LogP contribution in [0.1, 0.15) is 23.6 Å². The first-order chi connectivity index (χ1) is 18.0. The minimum absolute atomic E-state index is 0.422. The van der Waals surface area contributed by atoms with Crippen LogP contribution < -0.4 is 23.7 Å². The van der Waals surface area contributed by atoms with Crippen LogP contribution in [0.4, 0.5) is 35.1 Å². The molecule has 0 aliphatic carbocycles. The Hall–Kier alpha value is -3.90. The van der Waals surface area contributed by atoms with Crippen molar-refractivity contribution in [3.63, 3.8) is 0 Å². The van der Waals surface area contributed by atoms with Gasteiger partial charge in [0, 0.05) is 12.1 Å². The van der Waals surface area contributed by atoms with Crippen LogP contribution in [0.15, 0.2) is 54.6 Å². The van der Waals surface area contributed by atoms with Crippen LogP contribution in [0, 0.1) is 5.82 Å². The average Bonchev–Trinajstić information content (AvgIpc) is 2.86. The van der Waals surface area contributed by atoms with Gasteiger partial charge in [-0.1, -0.05) is 13.0 Å². The van der Waals surface area contributed by atoms with Gasteiger partial charge >= 0.3 is 12.2 Å².